The van der Waals surface area contributed by atoms with Gasteiger partial charge in [-0.3, -0.25) is 0 Å². The maximum Gasteiger partial charge on any atom is 0.346 e. The molecule has 0 N–H and O–H groups in total. The third kappa shape index (κ3) is 27.6. The van der Waals surface area contributed by atoms with E-state index in [0.29, 0.717) is 0 Å². The summed E-state index contributed by atoms with van der Waals surface area (Å²) in [6, 6.07) is 0. The molecule has 0 aromatic heterocycles. The minimum absolute atomic E-state index is 0.00574. The zero-order valence-corrected chi connectivity index (χ0v) is 21.6. The summed E-state index contributed by atoms with van der Waals surface area (Å²) >= 11 is 0. The molecule has 0 heterocycles. The second-order valence-electron chi connectivity index (χ2n) is 5.16. The SMILES string of the molecule is C=C=C=C=C=C=C=C=C=C=C=C=C=C=C=C=C=C=C=C=C=C=C=C=C=C=C=C=C=C=C=C=C=C=C=C(OC=C)OC=C. The van der Waals surface area contributed by atoms with Crippen LogP contribution in [0.15, 0.2) is 233 Å². The third-order valence-corrected chi connectivity index (χ3v) is 2.57. The van der Waals surface area contributed by atoms with E-state index in [2.05, 4.69) is 215 Å². The number of rotatable bonds is 4. The van der Waals surface area contributed by atoms with E-state index >= 15 is 0 Å². The van der Waals surface area contributed by atoms with Crippen LogP contribution in [0.3, 0.4) is 0 Å². The Hall–Kier alpha value is -8.66. The molecule has 0 fully saturated rings. The molecule has 0 amide bonds. The van der Waals surface area contributed by atoms with Gasteiger partial charge in [-0.15, -0.1) is 0 Å². The fourth-order valence-corrected chi connectivity index (χ4v) is 1.30. The monoisotopic (exact) mass is 520 g/mol. The average Bonchev–Trinajstić information content (AvgIpc) is 2.99. The van der Waals surface area contributed by atoms with Crippen molar-refractivity contribution >= 4 is 0 Å². The first kappa shape index (κ1) is 33.3. The summed E-state index contributed by atoms with van der Waals surface area (Å²) in [5, 5.41) is 0. The van der Waals surface area contributed by atoms with Gasteiger partial charge < -0.3 is 9.47 Å². The largest absolute Gasteiger partial charge is 0.428 e. The van der Waals surface area contributed by atoms with Crippen LogP contribution in [0.1, 0.15) is 0 Å². The number of hydrogen-bond acceptors (Lipinski definition) is 2. The van der Waals surface area contributed by atoms with E-state index in [-0.39, 0.29) is 5.95 Å². The van der Waals surface area contributed by atoms with E-state index in [1.165, 1.54) is 0 Å². The standard InChI is InChI=1S/C40H8O2/c1-4-7-8-9-10-11-12-13-14-15-16-17-18-19-20-21-22-23-24-25-26-27-28-29-30-31-32-33-34-35-36-37-38-39-40(41-5-2)42-6-3/h5-6H,1-3H2. The lowest BCUT2D eigenvalue weighted by atomic mass is 10.6. The van der Waals surface area contributed by atoms with Gasteiger partial charge in [0.25, 0.3) is 0 Å². The van der Waals surface area contributed by atoms with E-state index in [1.54, 1.807) is 0 Å². The lowest BCUT2D eigenvalue weighted by Crippen LogP contribution is -1.83. The molecule has 0 unspecified atom stereocenters. The zero-order chi connectivity index (χ0) is 30.4. The van der Waals surface area contributed by atoms with Gasteiger partial charge in [-0.05, 0) is 98.3 Å². The molecule has 0 saturated carbocycles. The fraction of sp³-hybridized carbons (Fsp3) is 0. The second kappa shape index (κ2) is 30.4. The lowest BCUT2D eigenvalue weighted by molar-refractivity contribution is 0.151. The molecule has 0 bridgehead atoms. The van der Waals surface area contributed by atoms with Gasteiger partial charge >= 0.3 is 5.95 Å². The fourth-order valence-electron chi connectivity index (χ4n) is 1.30. The summed E-state index contributed by atoms with van der Waals surface area (Å²) in [5.74, 6) is -0.00574. The third-order valence-electron chi connectivity index (χ3n) is 2.57. The molecule has 0 spiro atoms. The van der Waals surface area contributed by atoms with Crippen LogP contribution in [0.5, 0.6) is 0 Å². The van der Waals surface area contributed by atoms with Crippen LogP contribution in [-0.2, 0) is 9.47 Å². The predicted molar refractivity (Wildman–Crippen MR) is 151 cm³/mol. The smallest absolute Gasteiger partial charge is 0.346 e. The molecule has 0 aliphatic rings. The summed E-state index contributed by atoms with van der Waals surface area (Å²) in [4.78, 5) is 0. The highest BCUT2D eigenvalue weighted by atomic mass is 16.7. The molecule has 0 aromatic carbocycles. The van der Waals surface area contributed by atoms with Gasteiger partial charge in [0.05, 0.1) is 12.5 Å². The van der Waals surface area contributed by atoms with Crippen molar-refractivity contribution in [1.82, 2.24) is 0 Å². The molecule has 0 atom stereocenters. The van der Waals surface area contributed by atoms with E-state index < -0.39 is 0 Å². The summed E-state index contributed by atoms with van der Waals surface area (Å²) in [7, 11) is 0. The Bertz CT molecular complexity index is 2490. The molecule has 2 nitrogen and oxygen atoms in total. The predicted octanol–water partition coefficient (Wildman–Crippen LogP) is 7.05. The normalized spacial score (nSPS) is 4.57. The van der Waals surface area contributed by atoms with Crippen molar-refractivity contribution in [2.45, 2.75) is 0 Å². The molecule has 0 saturated heterocycles. The van der Waals surface area contributed by atoms with E-state index in [9.17, 15) is 0 Å². The van der Waals surface area contributed by atoms with Crippen LogP contribution < -0.4 is 0 Å². The zero-order valence-electron chi connectivity index (χ0n) is 21.6. The maximum absolute atomic E-state index is 4.87. The van der Waals surface area contributed by atoms with Crippen molar-refractivity contribution < 1.29 is 9.47 Å². The molecule has 0 aromatic rings. The van der Waals surface area contributed by atoms with Crippen LogP contribution >= 0.6 is 0 Å². The Labute approximate surface area is 242 Å². The average molecular weight is 521 g/mol. The maximum atomic E-state index is 4.87. The van der Waals surface area contributed by atoms with Crippen molar-refractivity contribution in [2.24, 2.45) is 0 Å². The minimum atomic E-state index is -0.00574. The molecule has 0 rings (SSSR count). The summed E-state index contributed by atoms with van der Waals surface area (Å²) in [6.07, 6.45) is 2.32. The molecule has 2 heteroatoms. The first-order chi connectivity index (χ1) is 20.8. The van der Waals surface area contributed by atoms with Crippen molar-refractivity contribution in [3.05, 3.63) is 233 Å². The highest BCUT2D eigenvalue weighted by molar-refractivity contribution is 4.96. The molecule has 0 aliphatic carbocycles. The molecule has 0 radical (unpaired) electrons. The van der Waals surface area contributed by atoms with Crippen molar-refractivity contribution in [3.63, 3.8) is 0 Å². The highest BCUT2D eigenvalue weighted by Crippen LogP contribution is 1.96. The molecular weight excluding hydrogens is 512 g/mol. The molecular formula is C40H8O2. The van der Waals surface area contributed by atoms with Crippen LogP contribution in [0.2, 0.25) is 0 Å². The van der Waals surface area contributed by atoms with Crippen LogP contribution in [0.25, 0.3) is 0 Å². The Morgan fingerprint density at radius 1 is 0.310 bits per heavy atom. The quantitative estimate of drug-likeness (QED) is 0.292. The van der Waals surface area contributed by atoms with Crippen LogP contribution in [-0.4, -0.2) is 0 Å². The van der Waals surface area contributed by atoms with Gasteiger partial charge in [0.2, 0.25) is 0 Å². The van der Waals surface area contributed by atoms with Gasteiger partial charge in [0.1, 0.15) is 0 Å². The van der Waals surface area contributed by atoms with E-state index in [1.807, 2.05) is 0 Å². The van der Waals surface area contributed by atoms with Gasteiger partial charge in [0.15, 0.2) is 0 Å². The topological polar surface area (TPSA) is 18.5 Å². The van der Waals surface area contributed by atoms with Crippen molar-refractivity contribution in [1.29, 1.82) is 0 Å². The molecule has 180 valence electrons. The second-order valence-corrected chi connectivity index (χ2v) is 5.16. The Morgan fingerprint density at radius 2 is 0.500 bits per heavy atom. The molecule has 0 aliphatic heterocycles. The first-order valence-electron chi connectivity index (χ1n) is 10.5. The summed E-state index contributed by atoms with van der Waals surface area (Å²) in [6.45, 7) is 10.1. The van der Waals surface area contributed by atoms with Crippen LogP contribution in [0.4, 0.5) is 0 Å². The summed E-state index contributed by atoms with van der Waals surface area (Å²) < 4.78 is 9.74. The van der Waals surface area contributed by atoms with Crippen molar-refractivity contribution in [3.8, 4) is 0 Å². The Balaban J connectivity index is 6.02. The lowest BCUT2D eigenvalue weighted by Gasteiger charge is -1.97. The Morgan fingerprint density at radius 3 is 0.690 bits per heavy atom. The molecule has 42 heavy (non-hydrogen) atoms. The van der Waals surface area contributed by atoms with Gasteiger partial charge in [-0.25, -0.2) is 0 Å². The van der Waals surface area contributed by atoms with Gasteiger partial charge in [0, 0.05) is 97.4 Å². The Kier molecular flexibility index (Phi) is 24.1. The number of ether oxygens (including phenoxy) is 2. The van der Waals surface area contributed by atoms with E-state index in [4.69, 9.17) is 9.47 Å². The van der Waals surface area contributed by atoms with Crippen LogP contribution in [0, 0.1) is 0 Å². The summed E-state index contributed by atoms with van der Waals surface area (Å²) in [5.41, 5.74) is 84.5. The minimum Gasteiger partial charge on any atom is -0.428 e. The first-order valence-corrected chi connectivity index (χ1v) is 10.5. The van der Waals surface area contributed by atoms with Gasteiger partial charge in [-0.1, -0.05) is 18.9 Å². The highest BCUT2D eigenvalue weighted by Gasteiger charge is 1.88. The van der Waals surface area contributed by atoms with Crippen molar-refractivity contribution in [2.75, 3.05) is 0 Å². The van der Waals surface area contributed by atoms with E-state index in [0.717, 1.165) is 12.5 Å². The number of hydrogen-bond donors (Lipinski definition) is 0. The van der Waals surface area contributed by atoms with Gasteiger partial charge in [-0.2, -0.15) is 0 Å².